The second-order valence-corrected chi connectivity index (χ2v) is 11.3. The van der Waals surface area contributed by atoms with Crippen molar-refractivity contribution < 1.29 is 19.1 Å². The van der Waals surface area contributed by atoms with Gasteiger partial charge in [0.05, 0.1) is 23.6 Å². The average Bonchev–Trinajstić information content (AvgIpc) is 2.90. The van der Waals surface area contributed by atoms with Gasteiger partial charge in [-0.2, -0.15) is 0 Å². The van der Waals surface area contributed by atoms with Gasteiger partial charge in [-0.05, 0) is 54.8 Å². The molecule has 0 spiro atoms. The molecule has 0 radical (unpaired) electrons. The number of rotatable bonds is 8. The number of piperidine rings is 1. The molecule has 1 unspecified atom stereocenters. The quantitative estimate of drug-likeness (QED) is 0.314. The summed E-state index contributed by atoms with van der Waals surface area (Å²) in [6.45, 7) is 7.84. The summed E-state index contributed by atoms with van der Waals surface area (Å²) in [5.74, 6) is 0.542. The van der Waals surface area contributed by atoms with Crippen LogP contribution in [0.4, 0.5) is 0 Å². The molecule has 1 heterocycles. The summed E-state index contributed by atoms with van der Waals surface area (Å²) < 4.78 is 11.6. The van der Waals surface area contributed by atoms with Crippen LogP contribution >= 0.6 is 23.2 Å². The first-order chi connectivity index (χ1) is 18.2. The minimum absolute atomic E-state index is 0.0155. The second kappa shape index (κ2) is 12.1. The molecule has 0 bridgehead atoms. The zero-order valence-electron chi connectivity index (χ0n) is 22.3. The molecule has 1 saturated carbocycles. The van der Waals surface area contributed by atoms with Gasteiger partial charge in [0.25, 0.3) is 0 Å². The van der Waals surface area contributed by atoms with Gasteiger partial charge in [0, 0.05) is 50.9 Å². The molecule has 0 aromatic heterocycles. The molecule has 4 rings (SSSR count). The van der Waals surface area contributed by atoms with E-state index in [-0.39, 0.29) is 41.8 Å². The number of amides is 1. The van der Waals surface area contributed by atoms with E-state index in [0.717, 1.165) is 49.4 Å². The summed E-state index contributed by atoms with van der Waals surface area (Å²) in [5, 5.41) is 0.889. The minimum Gasteiger partial charge on any atom is -0.497 e. The zero-order chi connectivity index (χ0) is 27.4. The molecule has 2 fully saturated rings. The van der Waals surface area contributed by atoms with E-state index in [1.807, 2.05) is 36.2 Å². The normalized spacial score (nSPS) is 25.2. The lowest BCUT2D eigenvalue weighted by Gasteiger charge is -2.56. The SMILES string of the molecule is C=CCN1CC[C@@]2(c3cccc(OC)c3)C[C@@H](N(C)C(=O)Cc3ccc(Cl)c(Cl)c3)CC(OC(C)=O)[C@@H]2C1. The molecule has 204 valence electrons. The molecular weight excluding hydrogens is 523 g/mol. The number of hydrogen-bond donors (Lipinski definition) is 0. The van der Waals surface area contributed by atoms with Gasteiger partial charge >= 0.3 is 5.97 Å². The van der Waals surface area contributed by atoms with E-state index in [1.165, 1.54) is 6.92 Å². The molecule has 1 saturated heterocycles. The number of ether oxygens (including phenoxy) is 2. The number of likely N-dealkylation sites (tertiary alicyclic amines) is 1. The Morgan fingerprint density at radius 1 is 1.21 bits per heavy atom. The van der Waals surface area contributed by atoms with Crippen LogP contribution in [0.5, 0.6) is 5.75 Å². The first kappa shape index (κ1) is 28.5. The Morgan fingerprint density at radius 2 is 2.00 bits per heavy atom. The van der Waals surface area contributed by atoms with Gasteiger partial charge in [-0.25, -0.2) is 0 Å². The highest BCUT2D eigenvalue weighted by molar-refractivity contribution is 6.42. The minimum atomic E-state index is -0.328. The van der Waals surface area contributed by atoms with Crippen LogP contribution in [0, 0.1) is 5.92 Å². The molecular formula is C30H36Cl2N2O4. The van der Waals surface area contributed by atoms with Gasteiger partial charge in [-0.15, -0.1) is 6.58 Å². The van der Waals surface area contributed by atoms with Crippen LogP contribution in [0.1, 0.15) is 37.3 Å². The lowest BCUT2D eigenvalue weighted by Crippen LogP contribution is -2.61. The third kappa shape index (κ3) is 6.03. The zero-order valence-corrected chi connectivity index (χ0v) is 23.8. The van der Waals surface area contributed by atoms with Crippen molar-refractivity contribution in [3.05, 3.63) is 76.3 Å². The highest BCUT2D eigenvalue weighted by atomic mass is 35.5. The predicted molar refractivity (Wildman–Crippen MR) is 151 cm³/mol. The van der Waals surface area contributed by atoms with Crippen LogP contribution in [-0.2, 0) is 26.2 Å². The van der Waals surface area contributed by atoms with Crippen molar-refractivity contribution in [3.63, 3.8) is 0 Å². The molecule has 0 N–H and O–H groups in total. The van der Waals surface area contributed by atoms with Crippen molar-refractivity contribution >= 4 is 35.1 Å². The number of carbonyl (C=O) groups is 2. The highest BCUT2D eigenvalue weighted by Gasteiger charge is 2.54. The monoisotopic (exact) mass is 558 g/mol. The van der Waals surface area contributed by atoms with E-state index in [4.69, 9.17) is 32.7 Å². The molecule has 2 aromatic rings. The van der Waals surface area contributed by atoms with E-state index in [2.05, 4.69) is 23.6 Å². The van der Waals surface area contributed by atoms with Crippen molar-refractivity contribution in [1.82, 2.24) is 9.80 Å². The highest BCUT2D eigenvalue weighted by Crippen LogP contribution is 2.51. The number of nitrogens with zero attached hydrogens (tertiary/aromatic N) is 2. The fourth-order valence-corrected chi connectivity index (χ4v) is 6.62. The molecule has 1 aliphatic carbocycles. The summed E-state index contributed by atoms with van der Waals surface area (Å²) in [6, 6.07) is 13.4. The van der Waals surface area contributed by atoms with E-state index in [0.29, 0.717) is 16.5 Å². The van der Waals surface area contributed by atoms with Gasteiger partial charge in [0.1, 0.15) is 11.9 Å². The summed E-state index contributed by atoms with van der Waals surface area (Å²) >= 11 is 12.3. The Balaban J connectivity index is 1.69. The van der Waals surface area contributed by atoms with Crippen molar-refractivity contribution in [3.8, 4) is 5.75 Å². The fraction of sp³-hybridized carbons (Fsp3) is 0.467. The van der Waals surface area contributed by atoms with Crippen LogP contribution in [0.2, 0.25) is 10.0 Å². The van der Waals surface area contributed by atoms with Gasteiger partial charge in [0.15, 0.2) is 0 Å². The largest absolute Gasteiger partial charge is 0.497 e. The first-order valence-electron chi connectivity index (χ1n) is 13.0. The number of carbonyl (C=O) groups excluding carboxylic acids is 2. The Morgan fingerprint density at radius 3 is 2.68 bits per heavy atom. The maximum absolute atomic E-state index is 13.5. The maximum Gasteiger partial charge on any atom is 0.302 e. The van der Waals surface area contributed by atoms with Crippen LogP contribution in [-0.4, -0.2) is 67.6 Å². The van der Waals surface area contributed by atoms with Crippen molar-refractivity contribution in [1.29, 1.82) is 0 Å². The number of benzene rings is 2. The van der Waals surface area contributed by atoms with Crippen LogP contribution in [0.25, 0.3) is 0 Å². The molecule has 1 amide bonds. The van der Waals surface area contributed by atoms with Gasteiger partial charge in [-0.3, -0.25) is 14.5 Å². The average molecular weight is 560 g/mol. The van der Waals surface area contributed by atoms with Gasteiger partial charge in [0.2, 0.25) is 5.91 Å². The second-order valence-electron chi connectivity index (χ2n) is 10.5. The number of halogens is 2. The van der Waals surface area contributed by atoms with E-state index in [9.17, 15) is 9.59 Å². The number of likely N-dealkylation sites (N-methyl/N-ethyl adjacent to an activating group) is 1. The fourth-order valence-electron chi connectivity index (χ4n) is 6.30. The topological polar surface area (TPSA) is 59.1 Å². The summed E-state index contributed by atoms with van der Waals surface area (Å²) in [7, 11) is 3.52. The molecule has 8 heteroatoms. The van der Waals surface area contributed by atoms with E-state index >= 15 is 0 Å². The number of methoxy groups -OCH3 is 1. The van der Waals surface area contributed by atoms with Crippen molar-refractivity contribution in [2.75, 3.05) is 33.8 Å². The van der Waals surface area contributed by atoms with Gasteiger partial charge in [-0.1, -0.05) is 47.5 Å². The first-order valence-corrected chi connectivity index (χ1v) is 13.8. The number of fused-ring (bicyclic) bond motifs is 1. The van der Waals surface area contributed by atoms with E-state index in [1.54, 1.807) is 19.2 Å². The summed E-state index contributed by atoms with van der Waals surface area (Å²) in [6.07, 6.45) is 4.04. The molecule has 4 atom stereocenters. The van der Waals surface area contributed by atoms with Crippen molar-refractivity contribution in [2.45, 2.75) is 50.2 Å². The molecule has 2 aromatic carbocycles. The Bertz CT molecular complexity index is 1190. The lowest BCUT2D eigenvalue weighted by molar-refractivity contribution is -0.160. The Kier molecular flexibility index (Phi) is 9.07. The standard InChI is InChI=1S/C30H36Cl2N2O4/c1-5-12-34-13-11-30(22-7-6-8-24(16-22)37-4)18-23(17-28(25(30)19-34)38-20(2)35)33(3)29(36)15-21-9-10-26(31)27(32)14-21/h5-10,14,16,23,25,28H,1,11-13,15,17-19H2,2-4H3/t23-,25-,28?,30-/m0/s1. The van der Waals surface area contributed by atoms with E-state index < -0.39 is 0 Å². The number of hydrogen-bond acceptors (Lipinski definition) is 5. The smallest absolute Gasteiger partial charge is 0.302 e. The van der Waals surface area contributed by atoms with Crippen LogP contribution in [0.15, 0.2) is 55.1 Å². The van der Waals surface area contributed by atoms with Crippen molar-refractivity contribution in [2.24, 2.45) is 5.92 Å². The Labute approximate surface area is 235 Å². The molecule has 2 aliphatic rings. The molecule has 1 aliphatic heterocycles. The Hall–Kier alpha value is -2.54. The van der Waals surface area contributed by atoms with Crippen LogP contribution in [0.3, 0.4) is 0 Å². The lowest BCUT2D eigenvalue weighted by atomic mass is 9.56. The predicted octanol–water partition coefficient (Wildman–Crippen LogP) is 5.54. The third-order valence-corrected chi connectivity index (χ3v) is 8.96. The maximum atomic E-state index is 13.5. The molecule has 38 heavy (non-hydrogen) atoms. The van der Waals surface area contributed by atoms with Crippen LogP contribution < -0.4 is 4.74 Å². The van der Waals surface area contributed by atoms with Gasteiger partial charge < -0.3 is 14.4 Å². The molecule has 6 nitrogen and oxygen atoms in total. The number of esters is 1. The third-order valence-electron chi connectivity index (χ3n) is 8.22. The summed E-state index contributed by atoms with van der Waals surface area (Å²) in [4.78, 5) is 29.9. The summed E-state index contributed by atoms with van der Waals surface area (Å²) in [5.41, 5.74) is 1.68.